The van der Waals surface area contributed by atoms with E-state index in [1.807, 2.05) is 19.2 Å². The molecule has 0 aliphatic carbocycles. The second-order valence-corrected chi connectivity index (χ2v) is 7.23. The Morgan fingerprint density at radius 3 is 2.87 bits per heavy atom. The zero-order valence-corrected chi connectivity index (χ0v) is 17.2. The predicted molar refractivity (Wildman–Crippen MR) is 115 cm³/mol. The average Bonchev–Trinajstić information content (AvgIpc) is 3.18. The van der Waals surface area contributed by atoms with E-state index in [2.05, 4.69) is 40.7 Å². The summed E-state index contributed by atoms with van der Waals surface area (Å²) in [7, 11) is 1.51. The molecule has 5 rings (SSSR count). The average molecular weight is 419 g/mol. The lowest BCUT2D eigenvalue weighted by atomic mass is 10.1. The number of carbonyl (C=O) groups excluding carboxylic acids is 1. The molecule has 31 heavy (non-hydrogen) atoms. The van der Waals surface area contributed by atoms with Gasteiger partial charge in [-0.1, -0.05) is 0 Å². The molecule has 0 bridgehead atoms. The van der Waals surface area contributed by atoms with Gasteiger partial charge in [0.25, 0.3) is 11.8 Å². The molecule has 1 aliphatic rings. The number of nitrogens with zero attached hydrogens (tertiary/aromatic N) is 7. The highest BCUT2D eigenvalue weighted by molar-refractivity contribution is 6.12. The molecule has 0 radical (unpaired) electrons. The Balaban J connectivity index is 1.51. The molecule has 5 heterocycles. The minimum Gasteiger partial charge on any atom is -0.478 e. The van der Waals surface area contributed by atoms with Crippen LogP contribution in [0.1, 0.15) is 16.1 Å². The molecule has 11 nitrogen and oxygen atoms in total. The number of aromatic nitrogens is 6. The SMILES string of the molecule is COc1nc(NC(=O)c2cnc(N3CCNCC3)c3ccnnc23)cn2cc(C)nc12. The van der Waals surface area contributed by atoms with Crippen molar-refractivity contribution in [3.8, 4) is 5.88 Å². The molecule has 158 valence electrons. The fourth-order valence-electron chi connectivity index (χ4n) is 3.74. The Morgan fingerprint density at radius 1 is 1.23 bits per heavy atom. The maximum absolute atomic E-state index is 13.1. The van der Waals surface area contributed by atoms with E-state index >= 15 is 0 Å². The molecule has 4 aromatic rings. The van der Waals surface area contributed by atoms with E-state index in [1.165, 1.54) is 7.11 Å². The summed E-state index contributed by atoms with van der Waals surface area (Å²) in [6.45, 7) is 5.32. The van der Waals surface area contributed by atoms with Crippen molar-refractivity contribution in [3.63, 3.8) is 0 Å². The van der Waals surface area contributed by atoms with Gasteiger partial charge in [-0.25, -0.2) is 9.97 Å². The Bertz CT molecular complexity index is 1280. The Morgan fingerprint density at radius 2 is 2.06 bits per heavy atom. The van der Waals surface area contributed by atoms with E-state index < -0.39 is 0 Å². The van der Waals surface area contributed by atoms with E-state index in [0.29, 0.717) is 28.4 Å². The van der Waals surface area contributed by atoms with Crippen molar-refractivity contribution < 1.29 is 9.53 Å². The molecular weight excluding hydrogens is 398 g/mol. The monoisotopic (exact) mass is 419 g/mol. The van der Waals surface area contributed by atoms with Gasteiger partial charge in [0, 0.05) is 44.0 Å². The van der Waals surface area contributed by atoms with E-state index in [1.54, 1.807) is 23.0 Å². The fourth-order valence-corrected chi connectivity index (χ4v) is 3.74. The smallest absolute Gasteiger partial charge is 0.260 e. The van der Waals surface area contributed by atoms with Gasteiger partial charge >= 0.3 is 0 Å². The van der Waals surface area contributed by atoms with Gasteiger partial charge in [-0.05, 0) is 13.0 Å². The molecule has 0 unspecified atom stereocenters. The minimum atomic E-state index is -0.379. The van der Waals surface area contributed by atoms with Gasteiger partial charge in [0.05, 0.1) is 30.8 Å². The number of aryl methyl sites for hydroxylation is 1. The van der Waals surface area contributed by atoms with E-state index in [-0.39, 0.29) is 5.91 Å². The summed E-state index contributed by atoms with van der Waals surface area (Å²) >= 11 is 0. The third-order valence-corrected chi connectivity index (χ3v) is 5.16. The van der Waals surface area contributed by atoms with Crippen LogP contribution in [0, 0.1) is 6.92 Å². The topological polar surface area (TPSA) is 122 Å². The quantitative estimate of drug-likeness (QED) is 0.499. The van der Waals surface area contributed by atoms with Gasteiger partial charge < -0.3 is 20.3 Å². The number of anilines is 2. The number of pyridine rings is 1. The van der Waals surface area contributed by atoms with Crippen molar-refractivity contribution >= 4 is 34.1 Å². The van der Waals surface area contributed by atoms with Gasteiger partial charge in [0.1, 0.15) is 11.3 Å². The molecule has 0 spiro atoms. The van der Waals surface area contributed by atoms with Crippen molar-refractivity contribution in [1.82, 2.24) is 34.9 Å². The first-order valence-corrected chi connectivity index (χ1v) is 9.92. The molecule has 1 saturated heterocycles. The highest BCUT2D eigenvalue weighted by Gasteiger charge is 2.21. The largest absolute Gasteiger partial charge is 0.478 e. The lowest BCUT2D eigenvalue weighted by Crippen LogP contribution is -2.44. The van der Waals surface area contributed by atoms with Crippen molar-refractivity contribution in [2.24, 2.45) is 0 Å². The lowest BCUT2D eigenvalue weighted by molar-refractivity contribution is 0.102. The van der Waals surface area contributed by atoms with Crippen molar-refractivity contribution in [2.45, 2.75) is 6.92 Å². The molecule has 1 amide bonds. The second-order valence-electron chi connectivity index (χ2n) is 7.23. The van der Waals surface area contributed by atoms with Crippen molar-refractivity contribution in [2.75, 3.05) is 43.5 Å². The Kier molecular flexibility index (Phi) is 4.79. The van der Waals surface area contributed by atoms with Gasteiger partial charge in [-0.2, -0.15) is 10.1 Å². The molecule has 2 N–H and O–H groups in total. The van der Waals surface area contributed by atoms with Gasteiger partial charge in [-0.3, -0.25) is 9.20 Å². The molecular formula is C20H21N9O2. The van der Waals surface area contributed by atoms with Crippen LogP contribution in [0.5, 0.6) is 5.88 Å². The van der Waals surface area contributed by atoms with Crippen LogP contribution in [0.4, 0.5) is 11.6 Å². The Hall–Kier alpha value is -3.86. The number of imidazole rings is 1. The molecule has 1 aliphatic heterocycles. The number of hydrogen-bond donors (Lipinski definition) is 2. The minimum absolute atomic E-state index is 0.322. The lowest BCUT2D eigenvalue weighted by Gasteiger charge is -2.29. The van der Waals surface area contributed by atoms with Crippen LogP contribution in [-0.4, -0.2) is 68.7 Å². The van der Waals surface area contributed by atoms with Crippen molar-refractivity contribution in [3.05, 3.63) is 42.1 Å². The molecule has 0 atom stereocenters. The van der Waals surface area contributed by atoms with E-state index in [9.17, 15) is 4.79 Å². The predicted octanol–water partition coefficient (Wildman–Crippen LogP) is 1.05. The van der Waals surface area contributed by atoms with Crippen LogP contribution in [0.25, 0.3) is 16.6 Å². The molecule has 1 fully saturated rings. The number of piperazine rings is 1. The first-order chi connectivity index (χ1) is 15.1. The van der Waals surface area contributed by atoms with Crippen molar-refractivity contribution in [1.29, 1.82) is 0 Å². The number of amides is 1. The number of rotatable bonds is 4. The molecule has 4 aromatic heterocycles. The molecule has 0 saturated carbocycles. The molecule has 0 aromatic carbocycles. The third kappa shape index (κ3) is 3.48. The summed E-state index contributed by atoms with van der Waals surface area (Å²) in [5.41, 5.74) is 2.22. The number of hydrogen-bond acceptors (Lipinski definition) is 9. The highest BCUT2D eigenvalue weighted by Crippen LogP contribution is 2.26. The summed E-state index contributed by atoms with van der Waals surface area (Å²) in [4.78, 5) is 28.6. The summed E-state index contributed by atoms with van der Waals surface area (Å²) in [6.07, 6.45) is 6.67. The number of methoxy groups -OCH3 is 1. The van der Waals surface area contributed by atoms with Crippen LogP contribution < -0.4 is 20.3 Å². The van der Waals surface area contributed by atoms with E-state index in [4.69, 9.17) is 4.74 Å². The zero-order valence-electron chi connectivity index (χ0n) is 17.2. The maximum atomic E-state index is 13.1. The van der Waals surface area contributed by atoms with Gasteiger partial charge in [-0.15, -0.1) is 5.10 Å². The normalized spacial score (nSPS) is 14.2. The highest BCUT2D eigenvalue weighted by atomic mass is 16.5. The molecule has 11 heteroatoms. The first-order valence-electron chi connectivity index (χ1n) is 9.92. The van der Waals surface area contributed by atoms with Crippen LogP contribution >= 0.6 is 0 Å². The number of ether oxygens (including phenoxy) is 1. The van der Waals surface area contributed by atoms with Crippen LogP contribution in [0.2, 0.25) is 0 Å². The Labute approximate surface area is 177 Å². The number of nitrogens with one attached hydrogen (secondary N) is 2. The maximum Gasteiger partial charge on any atom is 0.260 e. The summed E-state index contributed by atoms with van der Waals surface area (Å²) in [6, 6.07) is 1.84. The summed E-state index contributed by atoms with van der Waals surface area (Å²) in [5, 5.41) is 15.1. The number of carbonyl (C=O) groups is 1. The van der Waals surface area contributed by atoms with Crippen LogP contribution in [-0.2, 0) is 0 Å². The zero-order chi connectivity index (χ0) is 21.4. The van der Waals surface area contributed by atoms with E-state index in [0.717, 1.165) is 43.1 Å². The summed E-state index contributed by atoms with van der Waals surface area (Å²) in [5.74, 6) is 1.08. The fraction of sp³-hybridized carbons (Fsp3) is 0.300. The summed E-state index contributed by atoms with van der Waals surface area (Å²) < 4.78 is 7.10. The second kappa shape index (κ2) is 7.76. The van der Waals surface area contributed by atoms with Crippen LogP contribution in [0.3, 0.4) is 0 Å². The number of fused-ring (bicyclic) bond motifs is 2. The third-order valence-electron chi connectivity index (χ3n) is 5.16. The van der Waals surface area contributed by atoms with Gasteiger partial charge in [0.2, 0.25) is 5.65 Å². The first kappa shape index (κ1) is 19.1. The van der Waals surface area contributed by atoms with Gasteiger partial charge in [0.15, 0.2) is 5.82 Å². The standard InChI is InChI=1S/C20H21N9O2/c1-12-10-29-11-15(26-20(31-2)18(29)24-12)25-19(30)14-9-22-17(28-7-5-21-6-8-28)13-3-4-23-27-16(13)14/h3-4,9-11,21H,5-8H2,1-2H3,(H,25,30). The van der Waals surface area contributed by atoms with Crippen LogP contribution in [0.15, 0.2) is 30.9 Å².